The second-order valence-corrected chi connectivity index (χ2v) is 11.3. The summed E-state index contributed by atoms with van der Waals surface area (Å²) in [5.41, 5.74) is 1.21. The summed E-state index contributed by atoms with van der Waals surface area (Å²) in [6.07, 6.45) is 5.41. The lowest BCUT2D eigenvalue weighted by atomic mass is 9.51. The Morgan fingerprint density at radius 1 is 1.03 bits per heavy atom. The van der Waals surface area contributed by atoms with Gasteiger partial charge in [-0.1, -0.05) is 69.0 Å². The van der Waals surface area contributed by atoms with E-state index in [9.17, 15) is 19.2 Å². The number of ether oxygens (including phenoxy) is 2. The normalized spacial score (nSPS) is 36.3. The van der Waals surface area contributed by atoms with Crippen LogP contribution in [0.4, 0.5) is 0 Å². The van der Waals surface area contributed by atoms with Crippen LogP contribution in [0.1, 0.15) is 53.0 Å². The predicted molar refractivity (Wildman–Crippen MR) is 147 cm³/mol. The molecule has 1 amide bonds. The Kier molecular flexibility index (Phi) is 8.28. The monoisotopic (exact) mass is 533 g/mol. The van der Waals surface area contributed by atoms with Crippen molar-refractivity contribution in [2.75, 3.05) is 0 Å². The summed E-state index contributed by atoms with van der Waals surface area (Å²) in [4.78, 5) is 51.8. The number of allylic oxidation sites excluding steroid dienone is 2. The van der Waals surface area contributed by atoms with E-state index in [1.54, 1.807) is 0 Å². The number of carbonyl (C=O) groups excluding carboxylic acids is 4. The molecule has 2 fully saturated rings. The van der Waals surface area contributed by atoms with Crippen molar-refractivity contribution < 1.29 is 28.7 Å². The highest BCUT2D eigenvalue weighted by atomic mass is 16.6. The Morgan fingerprint density at radius 2 is 1.69 bits per heavy atom. The van der Waals surface area contributed by atoms with Crippen LogP contribution in [-0.4, -0.2) is 41.9 Å². The summed E-state index contributed by atoms with van der Waals surface area (Å²) in [5.74, 6) is -2.50. The first-order chi connectivity index (χ1) is 18.5. The molecule has 1 saturated carbocycles. The molecule has 1 N–H and O–H groups in total. The van der Waals surface area contributed by atoms with Gasteiger partial charge in [0.25, 0.3) is 0 Å². The molecule has 1 saturated heterocycles. The van der Waals surface area contributed by atoms with Crippen molar-refractivity contribution in [1.29, 1.82) is 0 Å². The lowest BCUT2D eigenvalue weighted by molar-refractivity contribution is -0.178. The molecule has 0 bridgehead atoms. The van der Waals surface area contributed by atoms with E-state index >= 15 is 0 Å². The average molecular weight is 534 g/mol. The van der Waals surface area contributed by atoms with Gasteiger partial charge in [0.1, 0.15) is 17.6 Å². The van der Waals surface area contributed by atoms with Crippen LogP contribution < -0.4 is 5.32 Å². The van der Waals surface area contributed by atoms with E-state index < -0.39 is 35.5 Å². The van der Waals surface area contributed by atoms with E-state index in [-0.39, 0.29) is 41.9 Å². The Labute approximate surface area is 230 Å². The van der Waals surface area contributed by atoms with Crippen LogP contribution in [0, 0.1) is 29.1 Å². The van der Waals surface area contributed by atoms with E-state index in [0.29, 0.717) is 18.4 Å². The summed E-state index contributed by atoms with van der Waals surface area (Å²) in [5, 5.41) is 3.26. The van der Waals surface area contributed by atoms with Gasteiger partial charge < -0.3 is 14.8 Å². The fraction of sp³-hybridized carbons (Fsp3) is 0.500. The van der Waals surface area contributed by atoms with Gasteiger partial charge >= 0.3 is 11.9 Å². The van der Waals surface area contributed by atoms with Crippen LogP contribution in [-0.2, 0) is 35.1 Å². The van der Waals surface area contributed by atoms with E-state index in [4.69, 9.17) is 9.47 Å². The van der Waals surface area contributed by atoms with Crippen LogP contribution >= 0.6 is 0 Å². The molecule has 1 aromatic rings. The summed E-state index contributed by atoms with van der Waals surface area (Å²) in [7, 11) is 0. The third kappa shape index (κ3) is 5.23. The minimum Gasteiger partial charge on any atom is -0.461 e. The maximum Gasteiger partial charge on any atom is 0.303 e. The second kappa shape index (κ2) is 11.3. The Bertz CT molecular complexity index is 1220. The first-order valence-electron chi connectivity index (χ1n) is 13.7. The van der Waals surface area contributed by atoms with Crippen molar-refractivity contribution in [2.24, 2.45) is 29.1 Å². The van der Waals surface area contributed by atoms with Crippen LogP contribution in [0.5, 0.6) is 0 Å². The minimum absolute atomic E-state index is 0.0512. The average Bonchev–Trinajstić information content (AvgIpc) is 3.15. The van der Waals surface area contributed by atoms with Crippen molar-refractivity contribution in [2.45, 2.75) is 72.1 Å². The lowest BCUT2D eigenvalue weighted by Gasteiger charge is -2.53. The minimum atomic E-state index is -1.25. The van der Waals surface area contributed by atoms with Crippen molar-refractivity contribution in [3.8, 4) is 0 Å². The fourth-order valence-corrected chi connectivity index (χ4v) is 7.21. The maximum atomic E-state index is 14.4. The molecule has 7 heteroatoms. The smallest absolute Gasteiger partial charge is 0.303 e. The summed E-state index contributed by atoms with van der Waals surface area (Å²) in [6, 6.07) is 9.67. The molecule has 2 aliphatic carbocycles. The van der Waals surface area contributed by atoms with Crippen LogP contribution in [0.3, 0.4) is 0 Å². The van der Waals surface area contributed by atoms with Gasteiger partial charge in [0, 0.05) is 38.1 Å². The molecule has 7 nitrogen and oxygen atoms in total. The molecule has 1 aromatic carbocycles. The number of amides is 1. The number of hydrogen-bond acceptors (Lipinski definition) is 6. The highest BCUT2D eigenvalue weighted by Gasteiger charge is 2.69. The number of rotatable bonds is 5. The highest BCUT2D eigenvalue weighted by Crippen LogP contribution is 2.59. The maximum absolute atomic E-state index is 14.4. The molecular weight excluding hydrogens is 494 g/mol. The van der Waals surface area contributed by atoms with Gasteiger partial charge in [-0.05, 0) is 48.3 Å². The molecule has 8 atom stereocenters. The molecule has 1 aliphatic heterocycles. The molecule has 0 radical (unpaired) electrons. The molecule has 39 heavy (non-hydrogen) atoms. The fourth-order valence-electron chi connectivity index (χ4n) is 7.21. The third-order valence-electron chi connectivity index (χ3n) is 8.82. The molecule has 0 aromatic heterocycles. The van der Waals surface area contributed by atoms with Gasteiger partial charge in [0.2, 0.25) is 5.91 Å². The molecule has 1 heterocycles. The first kappa shape index (κ1) is 28.5. The van der Waals surface area contributed by atoms with Gasteiger partial charge in [-0.2, -0.15) is 0 Å². The second-order valence-electron chi connectivity index (χ2n) is 11.3. The van der Waals surface area contributed by atoms with Gasteiger partial charge in [0.15, 0.2) is 5.78 Å². The quantitative estimate of drug-likeness (QED) is 0.442. The third-order valence-corrected chi connectivity index (χ3v) is 8.82. The van der Waals surface area contributed by atoms with Crippen LogP contribution in [0.2, 0.25) is 0 Å². The van der Waals surface area contributed by atoms with Gasteiger partial charge in [0.05, 0.1) is 0 Å². The molecule has 3 aliphatic rings. The van der Waals surface area contributed by atoms with E-state index in [0.717, 1.165) is 11.1 Å². The van der Waals surface area contributed by atoms with Crippen molar-refractivity contribution in [3.05, 3.63) is 71.8 Å². The van der Waals surface area contributed by atoms with Crippen LogP contribution in [0.15, 0.2) is 66.3 Å². The summed E-state index contributed by atoms with van der Waals surface area (Å²) in [6.45, 7) is 12.6. The van der Waals surface area contributed by atoms with E-state index in [1.165, 1.54) is 20.8 Å². The highest BCUT2D eigenvalue weighted by molar-refractivity contribution is 5.94. The number of benzene rings is 1. The zero-order chi connectivity index (χ0) is 28.5. The molecule has 0 unspecified atom stereocenters. The van der Waals surface area contributed by atoms with Gasteiger partial charge in [-0.15, -0.1) is 0 Å². The van der Waals surface area contributed by atoms with Crippen molar-refractivity contribution in [1.82, 2.24) is 5.32 Å². The molecular formula is C32H39NO6. The zero-order valence-corrected chi connectivity index (χ0v) is 23.4. The number of hydrogen-bond donors (Lipinski definition) is 1. The van der Waals surface area contributed by atoms with E-state index in [2.05, 4.69) is 11.9 Å². The number of ketones is 1. The zero-order valence-electron chi connectivity index (χ0n) is 23.4. The number of Topliss-reactive ketones (excluding diaryl/α,β-unsaturated/α-hetero) is 1. The number of nitrogens with one attached hydrogen (secondary N) is 1. The van der Waals surface area contributed by atoms with Crippen molar-refractivity contribution in [3.63, 3.8) is 0 Å². The Hall–Kier alpha value is -3.48. The Balaban J connectivity index is 1.95. The van der Waals surface area contributed by atoms with Crippen molar-refractivity contribution >= 4 is 23.6 Å². The first-order valence-corrected chi connectivity index (χ1v) is 13.7. The summed E-state index contributed by atoms with van der Waals surface area (Å²) < 4.78 is 11.9. The lowest BCUT2D eigenvalue weighted by Crippen LogP contribution is -2.61. The molecule has 208 valence electrons. The predicted octanol–water partition coefficient (Wildman–Crippen LogP) is 4.52. The topological polar surface area (TPSA) is 98.8 Å². The SMILES string of the molecule is C=C1[C@@H](C)[C@H]2[C@H](Cc3ccccc3)NC(=O)[C@]23[C@H](OC(C)=O)C/C=C(\C(C)=O)[C@@H](C)C/C=C/[C@H]3[C@@H]1OC(C)=O. The molecule has 4 rings (SSSR count). The summed E-state index contributed by atoms with van der Waals surface area (Å²) >= 11 is 0. The number of esters is 2. The van der Waals surface area contributed by atoms with Gasteiger partial charge in [-0.25, -0.2) is 0 Å². The standard InChI is InChI=1S/C32H39NO6/c1-18-11-10-14-26-30(39-23(6)36)20(3)19(2)29-27(17-24-12-8-7-9-13-24)33-31(37)32(26,29)28(38-22(5)35)16-15-25(18)21(4)34/h7-10,12-15,18-19,26-30H,3,11,16-17H2,1-2,4-6H3,(H,33,37)/b14-10+,25-15-/t18-,19+,26-,27-,28+,29-,30+,32+/m0/s1. The van der Waals surface area contributed by atoms with Gasteiger partial charge in [-0.3, -0.25) is 19.2 Å². The Morgan fingerprint density at radius 3 is 2.31 bits per heavy atom. The van der Waals surface area contributed by atoms with Crippen LogP contribution in [0.25, 0.3) is 0 Å². The van der Waals surface area contributed by atoms with E-state index in [1.807, 2.05) is 62.4 Å². The molecule has 1 spiro atoms. The largest absolute Gasteiger partial charge is 0.461 e. The number of carbonyl (C=O) groups is 4.